The molecule has 0 aromatic carbocycles. The lowest BCUT2D eigenvalue weighted by Gasteiger charge is -2.22. The van der Waals surface area contributed by atoms with E-state index in [4.69, 9.17) is 19.9 Å². The SMILES string of the molecule is CC([C](O)C(=O)O)(C(=O)O)S(=O)(=O)O. The van der Waals surface area contributed by atoms with Crippen molar-refractivity contribution in [1.82, 2.24) is 0 Å². The van der Waals surface area contributed by atoms with Gasteiger partial charge in [-0.2, -0.15) is 8.42 Å². The van der Waals surface area contributed by atoms with Gasteiger partial charge in [-0.25, -0.2) is 4.79 Å². The van der Waals surface area contributed by atoms with E-state index in [9.17, 15) is 18.0 Å². The summed E-state index contributed by atoms with van der Waals surface area (Å²) in [5, 5.41) is 25.4. The highest BCUT2D eigenvalue weighted by Gasteiger charge is 2.56. The Bertz CT molecular complexity index is 356. The molecule has 4 N–H and O–H groups in total. The van der Waals surface area contributed by atoms with E-state index >= 15 is 0 Å². The largest absolute Gasteiger partial charge is 0.480 e. The molecule has 0 aliphatic heterocycles. The second-order valence-electron chi connectivity index (χ2n) is 2.47. The second kappa shape index (κ2) is 3.52. The van der Waals surface area contributed by atoms with E-state index in [0.717, 1.165) is 0 Å². The topological polar surface area (TPSA) is 149 Å². The standard InChI is InChI=1S/C5H7O8S/c1-5(4(9)10,14(11,12)13)2(6)3(7)8/h6H,1H3,(H,7,8)(H,9,10)(H,11,12,13). The number of aliphatic hydroxyl groups is 1. The van der Waals surface area contributed by atoms with Crippen LogP contribution < -0.4 is 0 Å². The molecule has 0 aromatic heterocycles. The molecular weight excluding hydrogens is 220 g/mol. The highest BCUT2D eigenvalue weighted by atomic mass is 32.2. The van der Waals surface area contributed by atoms with E-state index in [1.54, 1.807) is 0 Å². The fourth-order valence-corrected chi connectivity index (χ4v) is 1.09. The highest BCUT2D eigenvalue weighted by Crippen LogP contribution is 2.26. The Hall–Kier alpha value is -1.19. The maximum Gasteiger partial charge on any atom is 0.341 e. The summed E-state index contributed by atoms with van der Waals surface area (Å²) >= 11 is 0. The van der Waals surface area contributed by atoms with Gasteiger partial charge in [0.15, 0.2) is 0 Å². The molecule has 8 nitrogen and oxygen atoms in total. The van der Waals surface area contributed by atoms with Gasteiger partial charge < -0.3 is 15.3 Å². The molecule has 0 spiro atoms. The normalized spacial score (nSPS) is 16.3. The Morgan fingerprint density at radius 1 is 1.14 bits per heavy atom. The Labute approximate surface area is 78.5 Å². The quantitative estimate of drug-likeness (QED) is 0.433. The molecule has 0 heterocycles. The van der Waals surface area contributed by atoms with Gasteiger partial charge in [0, 0.05) is 0 Å². The van der Waals surface area contributed by atoms with Crippen LogP contribution >= 0.6 is 0 Å². The minimum Gasteiger partial charge on any atom is -0.480 e. The first-order valence-electron chi connectivity index (χ1n) is 3.05. The van der Waals surface area contributed by atoms with Gasteiger partial charge in [0.05, 0.1) is 0 Å². The van der Waals surface area contributed by atoms with Crippen LogP contribution in [0.4, 0.5) is 0 Å². The van der Waals surface area contributed by atoms with Crippen molar-refractivity contribution in [3.05, 3.63) is 6.10 Å². The van der Waals surface area contributed by atoms with E-state index in [-0.39, 0.29) is 0 Å². The summed E-state index contributed by atoms with van der Waals surface area (Å²) in [5.41, 5.74) is 0. The van der Waals surface area contributed by atoms with E-state index in [1.165, 1.54) is 0 Å². The van der Waals surface area contributed by atoms with Crippen LogP contribution in [0.25, 0.3) is 0 Å². The number of carboxylic acids is 2. The molecule has 1 atom stereocenters. The fraction of sp³-hybridized carbons (Fsp3) is 0.400. The molecule has 0 saturated heterocycles. The Kier molecular flexibility index (Phi) is 3.22. The zero-order valence-electron chi connectivity index (χ0n) is 6.83. The van der Waals surface area contributed by atoms with Gasteiger partial charge >= 0.3 is 11.9 Å². The average Bonchev–Trinajstić information content (AvgIpc) is 1.98. The van der Waals surface area contributed by atoms with Gasteiger partial charge in [-0.1, -0.05) is 0 Å². The molecule has 0 aliphatic carbocycles. The number of carbonyl (C=O) groups is 2. The number of hydrogen-bond acceptors (Lipinski definition) is 5. The van der Waals surface area contributed by atoms with Gasteiger partial charge in [0.1, 0.15) is 0 Å². The second-order valence-corrected chi connectivity index (χ2v) is 4.23. The fourth-order valence-electron chi connectivity index (χ4n) is 0.538. The molecular formula is C5H7O8S. The Morgan fingerprint density at radius 3 is 1.57 bits per heavy atom. The van der Waals surface area contributed by atoms with Gasteiger partial charge in [0.2, 0.25) is 10.9 Å². The third kappa shape index (κ3) is 1.84. The maximum absolute atomic E-state index is 10.6. The van der Waals surface area contributed by atoms with E-state index in [1.807, 2.05) is 0 Å². The molecule has 81 valence electrons. The minimum atomic E-state index is -5.28. The van der Waals surface area contributed by atoms with Crippen LogP contribution in [-0.2, 0) is 19.7 Å². The van der Waals surface area contributed by atoms with Crippen molar-refractivity contribution in [3.63, 3.8) is 0 Å². The number of carboxylic acid groups (broad SMARTS) is 2. The van der Waals surface area contributed by atoms with Gasteiger partial charge in [0.25, 0.3) is 10.1 Å². The summed E-state index contributed by atoms with van der Waals surface area (Å²) in [6, 6.07) is 0. The summed E-state index contributed by atoms with van der Waals surface area (Å²) in [7, 11) is -5.28. The van der Waals surface area contributed by atoms with Crippen LogP contribution in [0.2, 0.25) is 0 Å². The van der Waals surface area contributed by atoms with Crippen LogP contribution in [-0.4, -0.2) is 45.0 Å². The van der Waals surface area contributed by atoms with E-state index in [2.05, 4.69) is 0 Å². The van der Waals surface area contributed by atoms with Crippen molar-refractivity contribution in [2.75, 3.05) is 0 Å². The molecule has 0 aliphatic rings. The Balaban J connectivity index is 5.57. The number of aliphatic carboxylic acids is 2. The van der Waals surface area contributed by atoms with Crippen LogP contribution in [0.5, 0.6) is 0 Å². The van der Waals surface area contributed by atoms with Gasteiger partial charge in [-0.3, -0.25) is 9.35 Å². The van der Waals surface area contributed by atoms with Crippen molar-refractivity contribution in [3.8, 4) is 0 Å². The monoisotopic (exact) mass is 227 g/mol. The van der Waals surface area contributed by atoms with Crippen molar-refractivity contribution in [1.29, 1.82) is 0 Å². The first-order chi connectivity index (χ1) is 6.05. The summed E-state index contributed by atoms with van der Waals surface area (Å²) in [6.45, 7) is 0.355. The van der Waals surface area contributed by atoms with Crippen molar-refractivity contribution in [2.45, 2.75) is 11.7 Å². The van der Waals surface area contributed by atoms with Crippen molar-refractivity contribution in [2.24, 2.45) is 0 Å². The minimum absolute atomic E-state index is 0.355. The molecule has 0 saturated carbocycles. The van der Waals surface area contributed by atoms with Crippen LogP contribution in [0, 0.1) is 6.10 Å². The molecule has 0 amide bonds. The van der Waals surface area contributed by atoms with Gasteiger partial charge in [-0.05, 0) is 6.92 Å². The molecule has 0 bridgehead atoms. The van der Waals surface area contributed by atoms with Crippen LogP contribution in [0.3, 0.4) is 0 Å². The predicted molar refractivity (Wildman–Crippen MR) is 40.4 cm³/mol. The smallest absolute Gasteiger partial charge is 0.341 e. The van der Waals surface area contributed by atoms with Gasteiger partial charge in [-0.15, -0.1) is 0 Å². The highest BCUT2D eigenvalue weighted by molar-refractivity contribution is 7.88. The van der Waals surface area contributed by atoms with Crippen molar-refractivity contribution >= 4 is 22.1 Å². The molecule has 14 heavy (non-hydrogen) atoms. The number of rotatable bonds is 4. The summed E-state index contributed by atoms with van der Waals surface area (Å²) < 4.78 is 26.4. The molecule has 0 aromatic rings. The lowest BCUT2D eigenvalue weighted by Crippen LogP contribution is -2.51. The average molecular weight is 227 g/mol. The first kappa shape index (κ1) is 12.8. The maximum atomic E-state index is 10.6. The molecule has 1 unspecified atom stereocenters. The van der Waals surface area contributed by atoms with Crippen molar-refractivity contribution < 1.29 is 37.9 Å². The van der Waals surface area contributed by atoms with Crippen LogP contribution in [0.1, 0.15) is 6.92 Å². The molecule has 0 fully saturated rings. The number of hydrogen-bond donors (Lipinski definition) is 4. The number of aliphatic hydroxyl groups excluding tert-OH is 1. The van der Waals surface area contributed by atoms with E-state index in [0.29, 0.717) is 6.92 Å². The van der Waals surface area contributed by atoms with Crippen LogP contribution in [0.15, 0.2) is 0 Å². The summed E-state index contributed by atoms with van der Waals surface area (Å²) in [5.74, 6) is -4.34. The molecule has 9 heteroatoms. The Morgan fingerprint density at radius 2 is 1.50 bits per heavy atom. The zero-order chi connectivity index (χ0) is 11.7. The van der Waals surface area contributed by atoms with E-state index < -0.39 is 32.9 Å². The zero-order valence-corrected chi connectivity index (χ0v) is 7.65. The third-order valence-corrected chi connectivity index (χ3v) is 2.98. The lowest BCUT2D eigenvalue weighted by atomic mass is 10.0. The summed E-state index contributed by atoms with van der Waals surface area (Å²) in [4.78, 5) is 20.6. The predicted octanol–water partition coefficient (Wildman–Crippen LogP) is -1.29. The molecule has 1 radical (unpaired) electrons. The third-order valence-electron chi connectivity index (χ3n) is 1.58. The lowest BCUT2D eigenvalue weighted by molar-refractivity contribution is -0.148. The molecule has 0 rings (SSSR count). The first-order valence-corrected chi connectivity index (χ1v) is 4.49. The summed E-state index contributed by atoms with van der Waals surface area (Å²) in [6.07, 6.45) is -1.88.